The van der Waals surface area contributed by atoms with E-state index in [-0.39, 0.29) is 4.75 Å². The van der Waals surface area contributed by atoms with Crippen molar-refractivity contribution in [3.05, 3.63) is 143 Å². The quantitative estimate of drug-likeness (QED) is 0.272. The van der Waals surface area contributed by atoms with Crippen LogP contribution in [0.2, 0.25) is 0 Å². The smallest absolute Gasteiger partial charge is 0.0907 e. The Labute approximate surface area is 185 Å². The van der Waals surface area contributed by atoms with Gasteiger partial charge in [0.05, 0.1) is 4.75 Å². The minimum absolute atomic E-state index is 0.230. The van der Waals surface area contributed by atoms with Crippen molar-refractivity contribution in [3.8, 4) is 0 Å². The van der Waals surface area contributed by atoms with E-state index in [4.69, 9.17) is 0 Å². The molecule has 0 amide bonds. The van der Waals surface area contributed by atoms with E-state index in [1.807, 2.05) is 11.8 Å². The summed E-state index contributed by atoms with van der Waals surface area (Å²) in [5.41, 5.74) is 6.82. The fourth-order valence-electron chi connectivity index (χ4n) is 4.10. The van der Waals surface area contributed by atoms with Crippen molar-refractivity contribution in [2.24, 2.45) is 0 Å². The maximum Gasteiger partial charge on any atom is 0.0907 e. The number of hydrogen-bond acceptors (Lipinski definition) is 1. The maximum atomic E-state index is 2.36. The zero-order valence-corrected chi connectivity index (χ0v) is 18.3. The Kier molecular flexibility index (Phi) is 6.71. The predicted molar refractivity (Wildman–Crippen MR) is 131 cm³/mol. The number of thioether (sulfide) groups is 1. The van der Waals surface area contributed by atoms with Crippen molar-refractivity contribution in [3.63, 3.8) is 0 Å². The molecule has 0 bridgehead atoms. The van der Waals surface area contributed by atoms with Gasteiger partial charge in [-0.15, -0.1) is 11.8 Å². The molecule has 0 fully saturated rings. The van der Waals surface area contributed by atoms with Crippen molar-refractivity contribution >= 4 is 11.8 Å². The molecule has 0 aliphatic heterocycles. The van der Waals surface area contributed by atoms with Crippen LogP contribution >= 0.6 is 11.8 Å². The summed E-state index contributed by atoms with van der Waals surface area (Å²) in [7, 11) is 0. The molecule has 0 aliphatic carbocycles. The topological polar surface area (TPSA) is 0 Å². The first-order valence-corrected chi connectivity index (χ1v) is 11.7. The van der Waals surface area contributed by atoms with Gasteiger partial charge in [-0.2, -0.15) is 0 Å². The lowest BCUT2D eigenvalue weighted by Gasteiger charge is -2.35. The van der Waals surface area contributed by atoms with Crippen LogP contribution in [0.15, 0.2) is 115 Å². The summed E-state index contributed by atoms with van der Waals surface area (Å²) < 4.78 is -0.230. The zero-order chi connectivity index (χ0) is 20.7. The Balaban J connectivity index is 1.74. The maximum absolute atomic E-state index is 2.36. The second kappa shape index (κ2) is 9.82. The fourth-order valence-corrected chi connectivity index (χ4v) is 5.65. The molecule has 0 atom stereocenters. The molecule has 1 heteroatoms. The van der Waals surface area contributed by atoms with E-state index in [1.165, 1.54) is 27.8 Å². The van der Waals surface area contributed by atoms with E-state index < -0.39 is 0 Å². The molecule has 0 aromatic heterocycles. The number of rotatable bonds is 8. The van der Waals surface area contributed by atoms with Crippen LogP contribution in [0.5, 0.6) is 0 Å². The third-order valence-corrected chi connectivity index (χ3v) is 7.20. The minimum Gasteiger partial charge on any atom is -0.140 e. The van der Waals surface area contributed by atoms with Gasteiger partial charge in [0.2, 0.25) is 0 Å². The van der Waals surface area contributed by atoms with E-state index in [0.717, 1.165) is 18.6 Å². The summed E-state index contributed by atoms with van der Waals surface area (Å²) in [6.07, 6.45) is 2.15. The average Bonchev–Trinajstić information content (AvgIpc) is 2.84. The molecule has 4 aromatic carbocycles. The van der Waals surface area contributed by atoms with Crippen molar-refractivity contribution < 1.29 is 0 Å². The summed E-state index contributed by atoms with van der Waals surface area (Å²) >= 11 is 2.04. The molecular formula is C29H28S. The second-order valence-electron chi connectivity index (χ2n) is 7.55. The molecule has 150 valence electrons. The van der Waals surface area contributed by atoms with Crippen LogP contribution in [0.4, 0.5) is 0 Å². The molecule has 4 aromatic rings. The predicted octanol–water partition coefficient (Wildman–Crippen LogP) is 7.52. The molecule has 0 saturated heterocycles. The van der Waals surface area contributed by atoms with E-state index in [9.17, 15) is 0 Å². The van der Waals surface area contributed by atoms with Crippen molar-refractivity contribution in [2.75, 3.05) is 5.75 Å². The van der Waals surface area contributed by atoms with Gasteiger partial charge in [-0.3, -0.25) is 0 Å². The van der Waals surface area contributed by atoms with Gasteiger partial charge in [-0.05, 0) is 46.4 Å². The zero-order valence-electron chi connectivity index (χ0n) is 17.5. The van der Waals surface area contributed by atoms with E-state index in [1.54, 1.807) is 0 Å². The Morgan fingerprint density at radius 1 is 0.567 bits per heavy atom. The molecule has 0 heterocycles. The summed E-state index contributed by atoms with van der Waals surface area (Å²) in [4.78, 5) is 0. The van der Waals surface area contributed by atoms with Gasteiger partial charge >= 0.3 is 0 Å². The first-order chi connectivity index (χ1) is 14.8. The highest BCUT2D eigenvalue weighted by Crippen LogP contribution is 2.48. The highest BCUT2D eigenvalue weighted by Gasteiger charge is 2.36. The van der Waals surface area contributed by atoms with Gasteiger partial charge in [0, 0.05) is 0 Å². The average molecular weight is 409 g/mol. The molecule has 0 spiro atoms. The second-order valence-corrected chi connectivity index (χ2v) is 8.86. The molecule has 0 aliphatic rings. The van der Waals surface area contributed by atoms with Crippen LogP contribution in [0, 0.1) is 0 Å². The summed E-state index contributed by atoms with van der Waals surface area (Å²) in [5.74, 6) is 1.05. The monoisotopic (exact) mass is 408 g/mol. The van der Waals surface area contributed by atoms with Crippen molar-refractivity contribution in [2.45, 2.75) is 24.5 Å². The highest BCUT2D eigenvalue weighted by atomic mass is 32.2. The van der Waals surface area contributed by atoms with Gasteiger partial charge in [-0.25, -0.2) is 0 Å². The van der Waals surface area contributed by atoms with Gasteiger partial charge in [0.15, 0.2) is 0 Å². The van der Waals surface area contributed by atoms with Crippen LogP contribution in [0.25, 0.3) is 0 Å². The number of hydrogen-bond donors (Lipinski definition) is 0. The van der Waals surface area contributed by atoms with Gasteiger partial charge in [0.25, 0.3) is 0 Å². The first kappa shape index (κ1) is 20.5. The standard InChI is InChI=1S/C29H28S/c1-2-24-13-12-14-25(23-24)21-22-30-29(26-15-6-3-7-16-26,27-17-8-4-9-18-27)28-19-10-5-11-20-28/h3-20,23H,2,21-22H2,1H3. The Hall–Kier alpha value is -2.77. The molecule has 0 unspecified atom stereocenters. The summed E-state index contributed by atoms with van der Waals surface area (Å²) in [6, 6.07) is 41.9. The van der Waals surface area contributed by atoms with Crippen LogP contribution in [-0.4, -0.2) is 5.75 Å². The lowest BCUT2D eigenvalue weighted by atomic mass is 9.84. The largest absolute Gasteiger partial charge is 0.140 e. The third-order valence-electron chi connectivity index (χ3n) is 5.65. The van der Waals surface area contributed by atoms with Crippen LogP contribution < -0.4 is 0 Å². The molecule has 4 rings (SSSR count). The number of benzene rings is 4. The first-order valence-electron chi connectivity index (χ1n) is 10.7. The normalized spacial score (nSPS) is 11.4. The Morgan fingerprint density at radius 3 is 1.50 bits per heavy atom. The molecule has 0 radical (unpaired) electrons. The van der Waals surface area contributed by atoms with Gasteiger partial charge in [0.1, 0.15) is 0 Å². The molecule has 0 N–H and O–H groups in total. The van der Waals surface area contributed by atoms with Crippen LogP contribution in [-0.2, 0) is 17.6 Å². The molecule has 30 heavy (non-hydrogen) atoms. The Morgan fingerprint density at radius 2 is 1.03 bits per heavy atom. The van der Waals surface area contributed by atoms with Gasteiger partial charge < -0.3 is 0 Å². The number of aryl methyl sites for hydroxylation is 2. The highest BCUT2D eigenvalue weighted by molar-refractivity contribution is 8.00. The lowest BCUT2D eigenvalue weighted by molar-refractivity contribution is 0.891. The molecule has 0 saturated carbocycles. The Bertz CT molecular complexity index is 943. The third kappa shape index (κ3) is 4.37. The summed E-state index contributed by atoms with van der Waals surface area (Å²) in [6.45, 7) is 2.22. The van der Waals surface area contributed by atoms with E-state index in [0.29, 0.717) is 0 Å². The van der Waals surface area contributed by atoms with Crippen molar-refractivity contribution in [1.82, 2.24) is 0 Å². The lowest BCUT2D eigenvalue weighted by Crippen LogP contribution is -2.26. The van der Waals surface area contributed by atoms with E-state index in [2.05, 4.69) is 122 Å². The van der Waals surface area contributed by atoms with Gasteiger partial charge in [-0.1, -0.05) is 122 Å². The van der Waals surface area contributed by atoms with Crippen LogP contribution in [0.3, 0.4) is 0 Å². The van der Waals surface area contributed by atoms with Crippen LogP contribution in [0.1, 0.15) is 34.7 Å². The molecule has 0 nitrogen and oxygen atoms in total. The SMILES string of the molecule is CCc1cccc(CCSC(c2ccccc2)(c2ccccc2)c2ccccc2)c1. The van der Waals surface area contributed by atoms with Crippen molar-refractivity contribution in [1.29, 1.82) is 0 Å². The van der Waals surface area contributed by atoms with E-state index >= 15 is 0 Å². The minimum atomic E-state index is -0.230. The fraction of sp³-hybridized carbons (Fsp3) is 0.172. The molecular weight excluding hydrogens is 380 g/mol. The summed E-state index contributed by atoms with van der Waals surface area (Å²) in [5, 5.41) is 0.